The van der Waals surface area contributed by atoms with Crippen LogP contribution >= 0.6 is 0 Å². The zero-order valence-electron chi connectivity index (χ0n) is 9.41. The van der Waals surface area contributed by atoms with Gasteiger partial charge in [-0.25, -0.2) is 4.39 Å². The van der Waals surface area contributed by atoms with Gasteiger partial charge in [0.25, 0.3) is 0 Å². The van der Waals surface area contributed by atoms with Crippen LogP contribution in [0, 0.1) is 5.82 Å². The molecule has 0 unspecified atom stereocenters. The molecular formula is C12H16FNO2. The van der Waals surface area contributed by atoms with Crippen LogP contribution in [-0.4, -0.2) is 38.3 Å². The standard InChI is InChI=1S/C12H16FNO2/c1-15-12-4-2-3-11(13)10(12)9-14-5-7-16-8-6-14/h2-4H,5-9H2,1H3. The average molecular weight is 225 g/mol. The van der Waals surface area contributed by atoms with E-state index >= 15 is 0 Å². The summed E-state index contributed by atoms with van der Waals surface area (Å²) < 4.78 is 24.1. The van der Waals surface area contributed by atoms with Crippen molar-refractivity contribution >= 4 is 0 Å². The Labute approximate surface area is 94.8 Å². The Balaban J connectivity index is 2.12. The molecule has 0 N–H and O–H groups in total. The van der Waals surface area contributed by atoms with Gasteiger partial charge in [-0.1, -0.05) is 6.07 Å². The summed E-state index contributed by atoms with van der Waals surface area (Å²) in [7, 11) is 1.57. The molecule has 4 heteroatoms. The van der Waals surface area contributed by atoms with Gasteiger partial charge in [0.15, 0.2) is 0 Å². The van der Waals surface area contributed by atoms with Gasteiger partial charge in [-0.15, -0.1) is 0 Å². The molecule has 0 aliphatic carbocycles. The van der Waals surface area contributed by atoms with Crippen molar-refractivity contribution in [3.63, 3.8) is 0 Å². The third-order valence-electron chi connectivity index (χ3n) is 2.78. The predicted molar refractivity (Wildman–Crippen MR) is 59.0 cm³/mol. The molecule has 0 spiro atoms. The second-order valence-corrected chi connectivity index (χ2v) is 3.81. The molecule has 1 fully saturated rings. The van der Waals surface area contributed by atoms with E-state index in [1.54, 1.807) is 19.2 Å². The first-order chi connectivity index (χ1) is 7.81. The normalized spacial score (nSPS) is 17.4. The molecule has 1 saturated heterocycles. The summed E-state index contributed by atoms with van der Waals surface area (Å²) in [4.78, 5) is 2.17. The molecule has 0 aromatic heterocycles. The highest BCUT2D eigenvalue weighted by Gasteiger charge is 2.15. The Bertz CT molecular complexity index is 351. The Morgan fingerprint density at radius 1 is 1.38 bits per heavy atom. The Hall–Kier alpha value is -1.13. The van der Waals surface area contributed by atoms with Crippen LogP contribution in [0.2, 0.25) is 0 Å². The second-order valence-electron chi connectivity index (χ2n) is 3.81. The van der Waals surface area contributed by atoms with E-state index in [2.05, 4.69) is 4.90 Å². The molecule has 0 radical (unpaired) electrons. The molecule has 1 aromatic carbocycles. The summed E-state index contributed by atoms with van der Waals surface area (Å²) in [6.45, 7) is 3.71. The summed E-state index contributed by atoms with van der Waals surface area (Å²) in [5.74, 6) is 0.414. The Morgan fingerprint density at radius 3 is 2.81 bits per heavy atom. The van der Waals surface area contributed by atoms with E-state index < -0.39 is 0 Å². The van der Waals surface area contributed by atoms with Crippen LogP contribution in [0.4, 0.5) is 4.39 Å². The van der Waals surface area contributed by atoms with Gasteiger partial charge in [-0.05, 0) is 12.1 Å². The zero-order valence-corrected chi connectivity index (χ0v) is 9.41. The maximum Gasteiger partial charge on any atom is 0.131 e. The van der Waals surface area contributed by atoms with E-state index in [4.69, 9.17) is 9.47 Å². The summed E-state index contributed by atoms with van der Waals surface area (Å²) in [5.41, 5.74) is 0.631. The monoisotopic (exact) mass is 225 g/mol. The molecule has 1 aliphatic rings. The number of methoxy groups -OCH3 is 1. The van der Waals surface area contributed by atoms with Gasteiger partial charge in [0.2, 0.25) is 0 Å². The summed E-state index contributed by atoms with van der Waals surface area (Å²) >= 11 is 0. The number of hydrogen-bond acceptors (Lipinski definition) is 3. The Kier molecular flexibility index (Phi) is 3.74. The van der Waals surface area contributed by atoms with Crippen molar-refractivity contribution in [2.45, 2.75) is 6.54 Å². The highest BCUT2D eigenvalue weighted by molar-refractivity contribution is 5.34. The van der Waals surface area contributed by atoms with Crippen molar-refractivity contribution in [1.29, 1.82) is 0 Å². The molecule has 1 aromatic rings. The van der Waals surface area contributed by atoms with Crippen LogP contribution in [0.5, 0.6) is 5.75 Å². The molecule has 2 rings (SSSR count). The topological polar surface area (TPSA) is 21.7 Å². The maximum absolute atomic E-state index is 13.7. The quantitative estimate of drug-likeness (QED) is 0.781. The van der Waals surface area contributed by atoms with Crippen LogP contribution in [0.3, 0.4) is 0 Å². The molecule has 0 saturated carbocycles. The van der Waals surface area contributed by atoms with Gasteiger partial charge in [0.05, 0.1) is 20.3 Å². The summed E-state index contributed by atoms with van der Waals surface area (Å²) in [6.07, 6.45) is 0. The van der Waals surface area contributed by atoms with Gasteiger partial charge in [0.1, 0.15) is 11.6 Å². The number of nitrogens with zero attached hydrogens (tertiary/aromatic N) is 1. The molecule has 0 atom stereocenters. The van der Waals surface area contributed by atoms with E-state index in [-0.39, 0.29) is 5.82 Å². The van der Waals surface area contributed by atoms with E-state index in [0.29, 0.717) is 17.9 Å². The molecule has 3 nitrogen and oxygen atoms in total. The van der Waals surface area contributed by atoms with Crippen LogP contribution in [0.15, 0.2) is 18.2 Å². The third kappa shape index (κ3) is 2.51. The van der Waals surface area contributed by atoms with Crippen molar-refractivity contribution in [3.8, 4) is 5.75 Å². The number of morpholine rings is 1. The second kappa shape index (κ2) is 5.27. The third-order valence-corrected chi connectivity index (χ3v) is 2.78. The fourth-order valence-corrected chi connectivity index (χ4v) is 1.87. The lowest BCUT2D eigenvalue weighted by atomic mass is 10.1. The summed E-state index contributed by atoms with van der Waals surface area (Å²) in [5, 5.41) is 0. The minimum atomic E-state index is -0.203. The lowest BCUT2D eigenvalue weighted by Gasteiger charge is -2.27. The van der Waals surface area contributed by atoms with E-state index in [9.17, 15) is 4.39 Å². The van der Waals surface area contributed by atoms with Crippen molar-refractivity contribution in [2.75, 3.05) is 33.4 Å². The van der Waals surface area contributed by atoms with E-state index in [1.165, 1.54) is 6.07 Å². The first-order valence-electron chi connectivity index (χ1n) is 5.42. The SMILES string of the molecule is COc1cccc(F)c1CN1CCOCC1. The molecule has 1 aliphatic heterocycles. The maximum atomic E-state index is 13.7. The largest absolute Gasteiger partial charge is 0.496 e. The van der Waals surface area contributed by atoms with Crippen LogP contribution in [0.25, 0.3) is 0 Å². The van der Waals surface area contributed by atoms with Gasteiger partial charge < -0.3 is 9.47 Å². The first kappa shape index (κ1) is 11.4. The lowest BCUT2D eigenvalue weighted by molar-refractivity contribution is 0.0334. The van der Waals surface area contributed by atoms with Crippen molar-refractivity contribution in [1.82, 2.24) is 4.90 Å². The lowest BCUT2D eigenvalue weighted by Crippen LogP contribution is -2.36. The minimum absolute atomic E-state index is 0.203. The fraction of sp³-hybridized carbons (Fsp3) is 0.500. The molecule has 0 amide bonds. The number of benzene rings is 1. The van der Waals surface area contributed by atoms with Crippen molar-refractivity contribution < 1.29 is 13.9 Å². The van der Waals surface area contributed by atoms with E-state index in [0.717, 1.165) is 26.3 Å². The first-order valence-corrected chi connectivity index (χ1v) is 5.42. The fourth-order valence-electron chi connectivity index (χ4n) is 1.87. The van der Waals surface area contributed by atoms with Crippen LogP contribution in [0.1, 0.15) is 5.56 Å². The Morgan fingerprint density at radius 2 is 2.12 bits per heavy atom. The van der Waals surface area contributed by atoms with Gasteiger partial charge >= 0.3 is 0 Å². The number of hydrogen-bond donors (Lipinski definition) is 0. The minimum Gasteiger partial charge on any atom is -0.496 e. The molecule has 88 valence electrons. The zero-order chi connectivity index (χ0) is 11.4. The molecule has 1 heterocycles. The van der Waals surface area contributed by atoms with Gasteiger partial charge in [0, 0.05) is 25.2 Å². The van der Waals surface area contributed by atoms with Crippen molar-refractivity contribution in [3.05, 3.63) is 29.6 Å². The van der Waals surface area contributed by atoms with Crippen molar-refractivity contribution in [2.24, 2.45) is 0 Å². The number of ether oxygens (including phenoxy) is 2. The highest BCUT2D eigenvalue weighted by atomic mass is 19.1. The average Bonchev–Trinajstić information content (AvgIpc) is 2.33. The summed E-state index contributed by atoms with van der Waals surface area (Å²) in [6, 6.07) is 4.92. The molecular weight excluding hydrogens is 209 g/mol. The van der Waals surface area contributed by atoms with Crippen LogP contribution < -0.4 is 4.74 Å². The molecule has 0 bridgehead atoms. The molecule has 16 heavy (non-hydrogen) atoms. The smallest absolute Gasteiger partial charge is 0.131 e. The number of halogens is 1. The van der Waals surface area contributed by atoms with Crippen LogP contribution in [-0.2, 0) is 11.3 Å². The number of rotatable bonds is 3. The predicted octanol–water partition coefficient (Wildman–Crippen LogP) is 1.67. The van der Waals surface area contributed by atoms with Gasteiger partial charge in [-0.3, -0.25) is 4.90 Å². The van der Waals surface area contributed by atoms with Gasteiger partial charge in [-0.2, -0.15) is 0 Å². The highest BCUT2D eigenvalue weighted by Crippen LogP contribution is 2.23. The van der Waals surface area contributed by atoms with E-state index in [1.807, 2.05) is 0 Å².